The van der Waals surface area contributed by atoms with Crippen LogP contribution in [-0.2, 0) is 0 Å². The Balaban J connectivity index is 1.91. The summed E-state index contributed by atoms with van der Waals surface area (Å²) in [6, 6.07) is 4.00. The molecule has 1 N–H and O–H groups in total. The quantitative estimate of drug-likeness (QED) is 0.666. The van der Waals surface area contributed by atoms with E-state index in [2.05, 4.69) is 5.32 Å². The van der Waals surface area contributed by atoms with Gasteiger partial charge in [0.15, 0.2) is 0 Å². The monoisotopic (exact) mass is 282 g/mol. The van der Waals surface area contributed by atoms with Crippen LogP contribution in [0.2, 0.25) is 5.02 Å². The minimum absolute atomic E-state index is 0.0170. The van der Waals surface area contributed by atoms with Crippen molar-refractivity contribution in [2.75, 3.05) is 6.54 Å². The molecule has 5 nitrogen and oxygen atoms in total. The van der Waals surface area contributed by atoms with Crippen LogP contribution >= 0.6 is 11.6 Å². The minimum Gasteiger partial charge on any atom is -0.352 e. The summed E-state index contributed by atoms with van der Waals surface area (Å²) in [7, 11) is 0. The number of amides is 1. The molecule has 1 aliphatic rings. The molecule has 0 saturated heterocycles. The van der Waals surface area contributed by atoms with E-state index in [0.717, 1.165) is 12.3 Å². The molecule has 1 aromatic carbocycles. The predicted octanol–water partition coefficient (Wildman–Crippen LogP) is 3.17. The van der Waals surface area contributed by atoms with E-state index in [1.807, 2.05) is 0 Å². The molecule has 0 atom stereocenters. The number of carbonyl (C=O) groups is 1. The lowest BCUT2D eigenvalue weighted by molar-refractivity contribution is -0.384. The molecule has 0 aliphatic heterocycles. The number of rotatable bonds is 5. The van der Waals surface area contributed by atoms with Crippen LogP contribution in [0.1, 0.15) is 36.0 Å². The zero-order chi connectivity index (χ0) is 13.8. The van der Waals surface area contributed by atoms with Gasteiger partial charge in [-0.2, -0.15) is 0 Å². The Morgan fingerprint density at radius 2 is 2.21 bits per heavy atom. The molecule has 0 bridgehead atoms. The van der Waals surface area contributed by atoms with Crippen molar-refractivity contribution in [3.8, 4) is 0 Å². The Labute approximate surface area is 116 Å². The summed E-state index contributed by atoms with van der Waals surface area (Å²) in [4.78, 5) is 21.9. The highest BCUT2D eigenvalue weighted by Crippen LogP contribution is 2.29. The molecule has 1 aliphatic carbocycles. The Kier molecular flexibility index (Phi) is 4.37. The zero-order valence-corrected chi connectivity index (χ0v) is 11.2. The second-order valence-corrected chi connectivity index (χ2v) is 5.17. The summed E-state index contributed by atoms with van der Waals surface area (Å²) in [5.74, 6) is 0.497. The molecule has 0 radical (unpaired) electrons. The molecule has 0 aromatic heterocycles. The van der Waals surface area contributed by atoms with Crippen LogP contribution in [0.3, 0.4) is 0 Å². The van der Waals surface area contributed by atoms with E-state index in [1.54, 1.807) is 0 Å². The van der Waals surface area contributed by atoms with E-state index in [9.17, 15) is 14.9 Å². The topological polar surface area (TPSA) is 72.2 Å². The molecule has 1 saturated carbocycles. The maximum absolute atomic E-state index is 11.8. The van der Waals surface area contributed by atoms with Crippen molar-refractivity contribution >= 4 is 23.2 Å². The number of carbonyl (C=O) groups excluding carboxylic acids is 1. The van der Waals surface area contributed by atoms with Gasteiger partial charge in [-0.05, 0) is 24.5 Å². The number of hydrogen-bond acceptors (Lipinski definition) is 3. The van der Waals surface area contributed by atoms with Gasteiger partial charge in [0.05, 0.1) is 4.92 Å². The van der Waals surface area contributed by atoms with Crippen molar-refractivity contribution in [3.05, 3.63) is 38.9 Å². The Morgan fingerprint density at radius 3 is 2.74 bits per heavy atom. The standard InChI is InChI=1S/C13H15ClN2O3/c14-11-8-10(4-5-12(11)16(18)19)13(17)15-7-6-9-2-1-3-9/h4-5,8-9H,1-3,6-7H2,(H,15,17). The maximum atomic E-state index is 11.8. The fraction of sp³-hybridized carbons (Fsp3) is 0.462. The fourth-order valence-electron chi connectivity index (χ4n) is 2.07. The Bertz CT molecular complexity index is 501. The second kappa shape index (κ2) is 6.02. The lowest BCUT2D eigenvalue weighted by atomic mass is 9.83. The van der Waals surface area contributed by atoms with E-state index >= 15 is 0 Å². The number of hydrogen-bond donors (Lipinski definition) is 1. The molecular formula is C13H15ClN2O3. The van der Waals surface area contributed by atoms with Gasteiger partial charge < -0.3 is 5.32 Å². The summed E-state index contributed by atoms with van der Waals surface area (Å²) >= 11 is 5.76. The summed E-state index contributed by atoms with van der Waals surface area (Å²) in [5, 5.41) is 13.4. The summed E-state index contributed by atoms with van der Waals surface area (Å²) in [5.41, 5.74) is 0.164. The third-order valence-electron chi connectivity index (χ3n) is 3.47. The number of benzene rings is 1. The largest absolute Gasteiger partial charge is 0.352 e. The summed E-state index contributed by atoms with van der Waals surface area (Å²) in [6.45, 7) is 0.637. The van der Waals surface area contributed by atoms with E-state index in [4.69, 9.17) is 11.6 Å². The summed E-state index contributed by atoms with van der Waals surface area (Å²) < 4.78 is 0. The van der Waals surface area contributed by atoms with E-state index in [1.165, 1.54) is 37.5 Å². The van der Waals surface area contributed by atoms with Crippen LogP contribution in [0, 0.1) is 16.0 Å². The molecule has 0 unspecified atom stereocenters. The summed E-state index contributed by atoms with van der Waals surface area (Å²) in [6.07, 6.45) is 4.78. The molecule has 19 heavy (non-hydrogen) atoms. The number of halogens is 1. The van der Waals surface area contributed by atoms with Crippen LogP contribution in [0.25, 0.3) is 0 Å². The van der Waals surface area contributed by atoms with Crippen LogP contribution < -0.4 is 5.32 Å². The van der Waals surface area contributed by atoms with Gasteiger partial charge in [0.1, 0.15) is 5.02 Å². The highest BCUT2D eigenvalue weighted by Gasteiger charge is 2.18. The molecule has 0 spiro atoms. The third kappa shape index (κ3) is 3.44. The van der Waals surface area contributed by atoms with Crippen molar-refractivity contribution in [2.45, 2.75) is 25.7 Å². The Morgan fingerprint density at radius 1 is 1.47 bits per heavy atom. The molecule has 0 heterocycles. The third-order valence-corrected chi connectivity index (χ3v) is 3.77. The van der Waals surface area contributed by atoms with Gasteiger partial charge in [-0.15, -0.1) is 0 Å². The highest BCUT2D eigenvalue weighted by atomic mass is 35.5. The van der Waals surface area contributed by atoms with Crippen molar-refractivity contribution in [3.63, 3.8) is 0 Å². The van der Waals surface area contributed by atoms with Gasteiger partial charge in [-0.3, -0.25) is 14.9 Å². The van der Waals surface area contributed by atoms with Crippen LogP contribution in [-0.4, -0.2) is 17.4 Å². The van der Waals surface area contributed by atoms with Crippen molar-refractivity contribution in [1.29, 1.82) is 0 Å². The highest BCUT2D eigenvalue weighted by molar-refractivity contribution is 6.33. The van der Waals surface area contributed by atoms with Crippen molar-refractivity contribution in [2.24, 2.45) is 5.92 Å². The number of nitrogens with zero attached hydrogens (tertiary/aromatic N) is 1. The first kappa shape index (κ1) is 13.8. The van der Waals surface area contributed by atoms with Gasteiger partial charge >= 0.3 is 0 Å². The van der Waals surface area contributed by atoms with Crippen molar-refractivity contribution in [1.82, 2.24) is 5.32 Å². The van der Waals surface area contributed by atoms with Crippen LogP contribution in [0.15, 0.2) is 18.2 Å². The van der Waals surface area contributed by atoms with E-state index in [-0.39, 0.29) is 16.6 Å². The van der Waals surface area contributed by atoms with Gasteiger partial charge in [0.2, 0.25) is 0 Å². The zero-order valence-electron chi connectivity index (χ0n) is 10.4. The van der Waals surface area contributed by atoms with Gasteiger partial charge in [0, 0.05) is 18.2 Å². The smallest absolute Gasteiger partial charge is 0.287 e. The average Bonchev–Trinajstić information content (AvgIpc) is 2.31. The first-order chi connectivity index (χ1) is 9.08. The van der Waals surface area contributed by atoms with E-state index < -0.39 is 4.92 Å². The first-order valence-corrected chi connectivity index (χ1v) is 6.68. The SMILES string of the molecule is O=C(NCCC1CCC1)c1ccc([N+](=O)[O-])c(Cl)c1. The number of nitro groups is 1. The normalized spacial score (nSPS) is 14.8. The van der Waals surface area contributed by atoms with Crippen LogP contribution in [0.4, 0.5) is 5.69 Å². The maximum Gasteiger partial charge on any atom is 0.287 e. The van der Waals surface area contributed by atoms with Gasteiger partial charge in [-0.1, -0.05) is 30.9 Å². The first-order valence-electron chi connectivity index (χ1n) is 6.30. The molecule has 2 rings (SSSR count). The average molecular weight is 283 g/mol. The van der Waals surface area contributed by atoms with Crippen molar-refractivity contribution < 1.29 is 9.72 Å². The Hall–Kier alpha value is -1.62. The molecule has 1 aromatic rings. The number of nitro benzene ring substituents is 1. The van der Waals surface area contributed by atoms with Crippen LogP contribution in [0.5, 0.6) is 0 Å². The number of nitrogens with one attached hydrogen (secondary N) is 1. The molecule has 1 amide bonds. The molecular weight excluding hydrogens is 268 g/mol. The lowest BCUT2D eigenvalue weighted by Crippen LogP contribution is -2.27. The molecule has 1 fully saturated rings. The lowest BCUT2D eigenvalue weighted by Gasteiger charge is -2.25. The second-order valence-electron chi connectivity index (χ2n) is 4.76. The predicted molar refractivity (Wildman–Crippen MR) is 72.4 cm³/mol. The van der Waals surface area contributed by atoms with Gasteiger partial charge in [-0.25, -0.2) is 0 Å². The van der Waals surface area contributed by atoms with E-state index in [0.29, 0.717) is 12.1 Å². The molecule has 102 valence electrons. The minimum atomic E-state index is -0.569. The molecule has 6 heteroatoms. The van der Waals surface area contributed by atoms with Gasteiger partial charge in [0.25, 0.3) is 11.6 Å². The fourth-order valence-corrected chi connectivity index (χ4v) is 2.32.